The van der Waals surface area contributed by atoms with Gasteiger partial charge in [0.15, 0.2) is 0 Å². The van der Waals surface area contributed by atoms with E-state index in [1.54, 1.807) is 0 Å². The van der Waals surface area contributed by atoms with Gasteiger partial charge in [0.25, 0.3) is 0 Å². The predicted molar refractivity (Wildman–Crippen MR) is 68.4 cm³/mol. The van der Waals surface area contributed by atoms with Gasteiger partial charge < -0.3 is 10.1 Å². The maximum Gasteiger partial charge on any atom is 0.119 e. The molecule has 16 heavy (non-hydrogen) atoms. The van der Waals surface area contributed by atoms with Crippen LogP contribution in [0.5, 0.6) is 5.75 Å². The summed E-state index contributed by atoms with van der Waals surface area (Å²) in [5, 5.41) is 3.20. The van der Waals surface area contributed by atoms with Crippen molar-refractivity contribution in [1.29, 1.82) is 0 Å². The molecular weight excluding hydrogens is 222 g/mol. The summed E-state index contributed by atoms with van der Waals surface area (Å²) < 4.78 is 16.6. The fourth-order valence-electron chi connectivity index (χ4n) is 1.21. The van der Waals surface area contributed by atoms with Crippen LogP contribution in [0.4, 0.5) is 0 Å². The van der Waals surface area contributed by atoms with Crippen LogP contribution in [0.15, 0.2) is 30.3 Å². The molecule has 0 amide bonds. The van der Waals surface area contributed by atoms with Gasteiger partial charge in [-0.05, 0) is 12.1 Å². The van der Waals surface area contributed by atoms with Crippen LogP contribution in [0, 0.1) is 0 Å². The standard InChI is InChI=1S/C12H19NO2S/c1-2-16(14)11-9-13-8-10-15-12-6-4-3-5-7-12/h3-7,13H,2,8-11H2,1H3. The highest BCUT2D eigenvalue weighted by molar-refractivity contribution is 7.84. The van der Waals surface area contributed by atoms with E-state index in [1.807, 2.05) is 37.3 Å². The topological polar surface area (TPSA) is 38.3 Å². The van der Waals surface area contributed by atoms with Crippen molar-refractivity contribution >= 4 is 10.8 Å². The number of rotatable bonds is 8. The minimum absolute atomic E-state index is 0.642. The summed E-state index contributed by atoms with van der Waals surface area (Å²) in [6.07, 6.45) is 0. The van der Waals surface area contributed by atoms with Crippen molar-refractivity contribution in [3.63, 3.8) is 0 Å². The van der Waals surface area contributed by atoms with Crippen molar-refractivity contribution in [2.75, 3.05) is 31.2 Å². The van der Waals surface area contributed by atoms with E-state index in [1.165, 1.54) is 0 Å². The van der Waals surface area contributed by atoms with Crippen LogP contribution >= 0.6 is 0 Å². The molecule has 0 heterocycles. The van der Waals surface area contributed by atoms with E-state index in [2.05, 4.69) is 5.32 Å². The zero-order chi connectivity index (χ0) is 11.6. The number of benzene rings is 1. The highest BCUT2D eigenvalue weighted by Crippen LogP contribution is 2.07. The number of hydrogen-bond acceptors (Lipinski definition) is 3. The molecule has 0 aliphatic heterocycles. The van der Waals surface area contributed by atoms with Gasteiger partial charge in [-0.2, -0.15) is 0 Å². The lowest BCUT2D eigenvalue weighted by Gasteiger charge is -2.06. The molecule has 1 rings (SSSR count). The molecule has 0 bridgehead atoms. The molecule has 3 nitrogen and oxygen atoms in total. The zero-order valence-corrected chi connectivity index (χ0v) is 10.5. The molecule has 1 aromatic carbocycles. The number of para-hydroxylation sites is 1. The van der Waals surface area contributed by atoms with E-state index in [0.29, 0.717) is 6.61 Å². The molecule has 1 N–H and O–H groups in total. The van der Waals surface area contributed by atoms with Gasteiger partial charge in [0.1, 0.15) is 12.4 Å². The SMILES string of the molecule is CCS(=O)CCNCCOc1ccccc1. The average Bonchev–Trinajstić information content (AvgIpc) is 2.34. The quantitative estimate of drug-likeness (QED) is 0.700. The molecule has 1 atom stereocenters. The van der Waals surface area contributed by atoms with Gasteiger partial charge in [0, 0.05) is 35.4 Å². The molecule has 0 aromatic heterocycles. The summed E-state index contributed by atoms with van der Waals surface area (Å²) >= 11 is 0. The third-order valence-corrected chi connectivity index (χ3v) is 3.42. The number of ether oxygens (including phenoxy) is 1. The highest BCUT2D eigenvalue weighted by atomic mass is 32.2. The summed E-state index contributed by atoms with van der Waals surface area (Å²) in [4.78, 5) is 0. The van der Waals surface area contributed by atoms with Crippen molar-refractivity contribution in [1.82, 2.24) is 5.32 Å². The Kier molecular flexibility index (Phi) is 6.85. The van der Waals surface area contributed by atoms with Gasteiger partial charge >= 0.3 is 0 Å². The monoisotopic (exact) mass is 241 g/mol. The van der Waals surface area contributed by atoms with Crippen molar-refractivity contribution in [3.8, 4) is 5.75 Å². The molecule has 90 valence electrons. The Morgan fingerprint density at radius 1 is 1.25 bits per heavy atom. The van der Waals surface area contributed by atoms with Gasteiger partial charge in [0.05, 0.1) is 0 Å². The van der Waals surface area contributed by atoms with Gasteiger partial charge in [-0.3, -0.25) is 4.21 Å². The molecule has 0 fully saturated rings. The van der Waals surface area contributed by atoms with Crippen molar-refractivity contribution in [2.24, 2.45) is 0 Å². The zero-order valence-electron chi connectivity index (χ0n) is 9.65. The Labute approximate surface area is 99.7 Å². The molecule has 0 saturated heterocycles. The molecule has 1 unspecified atom stereocenters. The predicted octanol–water partition coefficient (Wildman–Crippen LogP) is 1.42. The Hall–Kier alpha value is -0.870. The Balaban J connectivity index is 1.98. The molecule has 0 spiro atoms. The molecule has 1 aromatic rings. The first-order valence-corrected chi connectivity index (χ1v) is 7.05. The van der Waals surface area contributed by atoms with Gasteiger partial charge in [-0.15, -0.1) is 0 Å². The average molecular weight is 241 g/mol. The normalized spacial score (nSPS) is 12.3. The molecule has 0 aliphatic rings. The first-order chi connectivity index (χ1) is 7.83. The maximum absolute atomic E-state index is 11.1. The minimum atomic E-state index is -0.672. The second kappa shape index (κ2) is 8.30. The third-order valence-electron chi connectivity index (χ3n) is 2.12. The molecule has 0 aliphatic carbocycles. The molecular formula is C12H19NO2S. The van der Waals surface area contributed by atoms with Crippen LogP contribution in [-0.4, -0.2) is 35.4 Å². The highest BCUT2D eigenvalue weighted by Gasteiger charge is 1.95. The van der Waals surface area contributed by atoms with Crippen molar-refractivity contribution in [3.05, 3.63) is 30.3 Å². The van der Waals surface area contributed by atoms with Crippen molar-refractivity contribution < 1.29 is 8.95 Å². The van der Waals surface area contributed by atoms with Gasteiger partial charge in [0.2, 0.25) is 0 Å². The van der Waals surface area contributed by atoms with Crippen molar-refractivity contribution in [2.45, 2.75) is 6.92 Å². The summed E-state index contributed by atoms with van der Waals surface area (Å²) in [6, 6.07) is 9.74. The van der Waals surface area contributed by atoms with E-state index in [9.17, 15) is 4.21 Å². The van der Waals surface area contributed by atoms with E-state index < -0.39 is 10.8 Å². The number of hydrogen-bond donors (Lipinski definition) is 1. The second-order valence-corrected chi connectivity index (χ2v) is 5.21. The summed E-state index contributed by atoms with van der Waals surface area (Å²) in [7, 11) is -0.672. The van der Waals surface area contributed by atoms with Crippen LogP contribution in [0.25, 0.3) is 0 Å². The molecule has 4 heteroatoms. The van der Waals surface area contributed by atoms with Crippen LogP contribution in [0.1, 0.15) is 6.92 Å². The Bertz CT molecular complexity index is 303. The van der Waals surface area contributed by atoms with Crippen LogP contribution < -0.4 is 10.1 Å². The van der Waals surface area contributed by atoms with E-state index in [-0.39, 0.29) is 0 Å². The fourth-order valence-corrected chi connectivity index (χ4v) is 1.87. The molecule has 0 radical (unpaired) electrons. The lowest BCUT2D eigenvalue weighted by molar-refractivity contribution is 0.315. The van der Waals surface area contributed by atoms with E-state index in [4.69, 9.17) is 4.74 Å². The van der Waals surface area contributed by atoms with E-state index >= 15 is 0 Å². The number of nitrogens with one attached hydrogen (secondary N) is 1. The maximum atomic E-state index is 11.1. The van der Waals surface area contributed by atoms with Crippen LogP contribution in [0.2, 0.25) is 0 Å². The summed E-state index contributed by atoms with van der Waals surface area (Å²) in [6.45, 7) is 4.16. The van der Waals surface area contributed by atoms with Crippen LogP contribution in [0.3, 0.4) is 0 Å². The smallest absolute Gasteiger partial charge is 0.119 e. The first kappa shape index (κ1) is 13.2. The summed E-state index contributed by atoms with van der Waals surface area (Å²) in [5.74, 6) is 2.35. The Morgan fingerprint density at radius 2 is 2.00 bits per heavy atom. The summed E-state index contributed by atoms with van der Waals surface area (Å²) in [5.41, 5.74) is 0. The van der Waals surface area contributed by atoms with Crippen LogP contribution in [-0.2, 0) is 10.8 Å². The Morgan fingerprint density at radius 3 is 2.69 bits per heavy atom. The fraction of sp³-hybridized carbons (Fsp3) is 0.500. The minimum Gasteiger partial charge on any atom is -0.492 e. The van der Waals surface area contributed by atoms with Gasteiger partial charge in [-0.25, -0.2) is 0 Å². The lowest BCUT2D eigenvalue weighted by atomic mass is 10.3. The third kappa shape index (κ3) is 5.88. The molecule has 0 saturated carbocycles. The lowest BCUT2D eigenvalue weighted by Crippen LogP contribution is -2.25. The first-order valence-electron chi connectivity index (χ1n) is 5.56. The van der Waals surface area contributed by atoms with Gasteiger partial charge in [-0.1, -0.05) is 25.1 Å². The largest absolute Gasteiger partial charge is 0.492 e. The second-order valence-electron chi connectivity index (χ2n) is 3.34. The van der Waals surface area contributed by atoms with E-state index in [0.717, 1.165) is 30.3 Å².